The molecule has 2 aliphatic rings. The highest BCUT2D eigenvalue weighted by Gasteiger charge is 2.34. The molecule has 4 atom stereocenters. The summed E-state index contributed by atoms with van der Waals surface area (Å²) in [6, 6.07) is 12.3. The van der Waals surface area contributed by atoms with E-state index in [1.807, 2.05) is 17.5 Å². The number of nitrogens with zero attached hydrogens (tertiary/aromatic N) is 4. The first-order valence-corrected chi connectivity index (χ1v) is 14.7. The van der Waals surface area contributed by atoms with Crippen molar-refractivity contribution >= 4 is 39.9 Å². The maximum absolute atomic E-state index is 13.4. The Morgan fingerprint density at radius 2 is 2.00 bits per heavy atom. The molecule has 1 aliphatic heterocycles. The van der Waals surface area contributed by atoms with Crippen LogP contribution in [-0.2, 0) is 22.0 Å². The van der Waals surface area contributed by atoms with Crippen molar-refractivity contribution in [1.29, 1.82) is 0 Å². The third-order valence-corrected chi connectivity index (χ3v) is 8.48. The summed E-state index contributed by atoms with van der Waals surface area (Å²) in [5, 5.41) is 20.9. The number of rotatable bonds is 10. The summed E-state index contributed by atoms with van der Waals surface area (Å²) in [6.07, 6.45) is 3.35. The molecule has 0 amide bonds. The Morgan fingerprint density at radius 1 is 1.21 bits per heavy atom. The van der Waals surface area contributed by atoms with Gasteiger partial charge >= 0.3 is 0 Å². The highest BCUT2D eigenvalue weighted by Crippen LogP contribution is 2.30. The molecule has 4 N–H and O–H groups in total. The molecule has 0 bridgehead atoms. The number of ketones is 1. The number of nitrogens with one attached hydrogen (secondary N) is 1. The molecule has 1 saturated heterocycles. The van der Waals surface area contributed by atoms with Crippen LogP contribution in [0.15, 0.2) is 54.3 Å². The van der Waals surface area contributed by atoms with Gasteiger partial charge < -0.3 is 15.3 Å². The van der Waals surface area contributed by atoms with E-state index in [0.717, 1.165) is 38.3 Å². The van der Waals surface area contributed by atoms with Crippen LogP contribution in [0.3, 0.4) is 0 Å². The number of carbonyl (C=O) groups is 1. The number of piperazine rings is 1. The minimum Gasteiger partial charge on any atom is -0.393 e. The predicted octanol–water partition coefficient (Wildman–Crippen LogP) is 2.20. The van der Waals surface area contributed by atoms with Gasteiger partial charge in [-0.05, 0) is 42.0 Å². The maximum Gasteiger partial charge on any atom is 0.231 e. The first kappa shape index (κ1) is 26.9. The first-order chi connectivity index (χ1) is 18.5. The van der Waals surface area contributed by atoms with Crippen molar-refractivity contribution in [2.45, 2.75) is 31.5 Å². The molecule has 0 radical (unpaired) electrons. The molecule has 2 aromatic heterocycles. The second-order valence-electron chi connectivity index (χ2n) is 9.72. The number of carbonyl (C=O) groups excluding carboxylic acids is 1. The van der Waals surface area contributed by atoms with Gasteiger partial charge in [0.1, 0.15) is 12.1 Å². The fourth-order valence-electron chi connectivity index (χ4n) is 5.13. The Bertz CT molecular complexity index is 1250. The number of benzene rings is 1. The van der Waals surface area contributed by atoms with Gasteiger partial charge in [0, 0.05) is 56.6 Å². The molecule has 1 aromatic carbocycles. The van der Waals surface area contributed by atoms with E-state index < -0.39 is 17.4 Å². The van der Waals surface area contributed by atoms with Gasteiger partial charge in [-0.25, -0.2) is 19.3 Å². The van der Waals surface area contributed by atoms with Crippen molar-refractivity contribution in [3.8, 4) is 0 Å². The van der Waals surface area contributed by atoms with E-state index in [9.17, 15) is 14.1 Å². The Balaban J connectivity index is 1.18. The Kier molecular flexibility index (Phi) is 8.77. The van der Waals surface area contributed by atoms with Crippen LogP contribution in [0.2, 0.25) is 0 Å². The summed E-state index contributed by atoms with van der Waals surface area (Å²) in [5.41, 5.74) is 2.78. The molecule has 1 saturated carbocycles. The van der Waals surface area contributed by atoms with Crippen molar-refractivity contribution in [2.75, 3.05) is 43.0 Å². The predicted molar refractivity (Wildman–Crippen MR) is 148 cm³/mol. The Labute approximate surface area is 228 Å². The molecule has 38 heavy (non-hydrogen) atoms. The molecule has 2 fully saturated rings. The number of hydrogen-bond donors (Lipinski definition) is 3. The first-order valence-electron chi connectivity index (χ1n) is 12.6. The molecule has 3 aromatic rings. The standard InChI is InChI=1S/C26H32N6O4S2/c27-38(35)36-15-19-11-20(12-23(19)33)30-26-22(13-28-17-29-26)25(34)24-10-18(16-37-24)14-31-6-8-32(9-7-31)21-4-2-1-3-5-21/h1-5,10,13,16-17,19-20,23,33H,6-9,11-12,14-15,27H2,(H,28,29,30)/t19-,20-,23+,38?/m1/s1. The average molecular weight is 557 g/mol. The van der Waals surface area contributed by atoms with Gasteiger partial charge in [-0.15, -0.1) is 11.3 Å². The summed E-state index contributed by atoms with van der Waals surface area (Å²) in [4.78, 5) is 27.3. The van der Waals surface area contributed by atoms with Gasteiger partial charge in [0.25, 0.3) is 0 Å². The quantitative estimate of drug-likeness (QED) is 0.321. The Hall–Kier alpha value is -2.74. The molecular weight excluding hydrogens is 524 g/mol. The lowest BCUT2D eigenvalue weighted by molar-refractivity contribution is 0.103. The third-order valence-electron chi connectivity index (χ3n) is 7.13. The molecule has 1 aliphatic carbocycles. The zero-order valence-corrected chi connectivity index (χ0v) is 22.6. The third kappa shape index (κ3) is 6.63. The van der Waals surface area contributed by atoms with Gasteiger partial charge in [-0.3, -0.25) is 13.9 Å². The Morgan fingerprint density at radius 3 is 2.76 bits per heavy atom. The molecule has 5 rings (SSSR count). The van der Waals surface area contributed by atoms with Crippen molar-refractivity contribution in [1.82, 2.24) is 14.9 Å². The van der Waals surface area contributed by atoms with Crippen molar-refractivity contribution < 1.29 is 18.3 Å². The van der Waals surface area contributed by atoms with Crippen LogP contribution in [0.4, 0.5) is 11.5 Å². The molecule has 1 unspecified atom stereocenters. The van der Waals surface area contributed by atoms with Crippen LogP contribution in [0.5, 0.6) is 0 Å². The van der Waals surface area contributed by atoms with Gasteiger partial charge in [-0.2, -0.15) is 0 Å². The number of aliphatic hydroxyl groups is 1. The molecule has 3 heterocycles. The summed E-state index contributed by atoms with van der Waals surface area (Å²) in [6.45, 7) is 4.80. The van der Waals surface area contributed by atoms with E-state index in [4.69, 9.17) is 9.32 Å². The van der Waals surface area contributed by atoms with Crippen LogP contribution >= 0.6 is 11.3 Å². The highest BCUT2D eigenvalue weighted by atomic mass is 32.2. The minimum absolute atomic E-state index is 0.108. The number of para-hydroxylation sites is 1. The van der Waals surface area contributed by atoms with E-state index in [0.29, 0.717) is 29.1 Å². The number of aliphatic hydroxyl groups excluding tert-OH is 1. The number of hydrogen-bond acceptors (Lipinski definition) is 10. The molecule has 10 nitrogen and oxygen atoms in total. The lowest BCUT2D eigenvalue weighted by Gasteiger charge is -2.36. The van der Waals surface area contributed by atoms with Crippen LogP contribution in [0.1, 0.15) is 33.6 Å². The fraction of sp³-hybridized carbons (Fsp3) is 0.423. The van der Waals surface area contributed by atoms with Crippen molar-refractivity contribution in [2.24, 2.45) is 11.1 Å². The zero-order chi connectivity index (χ0) is 26.5. The van der Waals surface area contributed by atoms with Crippen LogP contribution < -0.4 is 15.4 Å². The summed E-state index contributed by atoms with van der Waals surface area (Å²) in [7, 11) is 0. The van der Waals surface area contributed by atoms with Crippen LogP contribution in [-0.4, -0.2) is 74.9 Å². The minimum atomic E-state index is -1.87. The smallest absolute Gasteiger partial charge is 0.231 e. The van der Waals surface area contributed by atoms with E-state index >= 15 is 0 Å². The van der Waals surface area contributed by atoms with Gasteiger partial charge in [0.2, 0.25) is 17.0 Å². The van der Waals surface area contributed by atoms with Crippen LogP contribution in [0.25, 0.3) is 0 Å². The SMILES string of the molecule is NS(=O)OC[C@H]1C[C@@H](Nc2ncncc2C(=O)c2cc(CN3CCN(c4ccccc4)CC3)cs2)C[C@@H]1O. The molecule has 12 heteroatoms. The normalized spacial score (nSPS) is 22.9. The van der Waals surface area contributed by atoms with Crippen molar-refractivity contribution in [3.05, 3.63) is 70.3 Å². The summed E-state index contributed by atoms with van der Waals surface area (Å²) >= 11 is -0.435. The summed E-state index contributed by atoms with van der Waals surface area (Å²) in [5.74, 6) is 0.115. The molecular formula is C26H32N6O4S2. The second-order valence-corrected chi connectivity index (χ2v) is 11.4. The highest BCUT2D eigenvalue weighted by molar-refractivity contribution is 7.77. The molecule has 0 spiro atoms. The van der Waals surface area contributed by atoms with E-state index in [1.54, 1.807) is 0 Å². The topological polar surface area (TPSA) is 134 Å². The monoisotopic (exact) mass is 556 g/mol. The lowest BCUT2D eigenvalue weighted by Crippen LogP contribution is -2.45. The van der Waals surface area contributed by atoms with E-state index in [-0.39, 0.29) is 24.3 Å². The zero-order valence-electron chi connectivity index (χ0n) is 20.9. The largest absolute Gasteiger partial charge is 0.393 e. The van der Waals surface area contributed by atoms with Gasteiger partial charge in [0.15, 0.2) is 0 Å². The van der Waals surface area contributed by atoms with Gasteiger partial charge in [-0.1, -0.05) is 18.2 Å². The average Bonchev–Trinajstić information content (AvgIpc) is 3.54. The number of thiophene rings is 1. The fourth-order valence-corrected chi connectivity index (χ4v) is 6.30. The number of anilines is 2. The maximum atomic E-state index is 13.4. The second kappa shape index (κ2) is 12.4. The summed E-state index contributed by atoms with van der Waals surface area (Å²) < 4.78 is 16.0. The van der Waals surface area contributed by atoms with Gasteiger partial charge in [0.05, 0.1) is 23.2 Å². The van der Waals surface area contributed by atoms with Crippen molar-refractivity contribution in [3.63, 3.8) is 0 Å². The molecule has 202 valence electrons. The van der Waals surface area contributed by atoms with E-state index in [1.165, 1.54) is 29.5 Å². The van der Waals surface area contributed by atoms with E-state index in [2.05, 4.69) is 49.4 Å². The lowest BCUT2D eigenvalue weighted by atomic mass is 10.1. The number of aromatic nitrogens is 2. The van der Waals surface area contributed by atoms with Crippen LogP contribution in [0, 0.1) is 5.92 Å². The number of nitrogens with two attached hydrogens (primary N) is 1.